The lowest BCUT2D eigenvalue weighted by atomic mass is 10.0. The molecule has 0 aliphatic carbocycles. The predicted molar refractivity (Wildman–Crippen MR) is 128 cm³/mol. The zero-order chi connectivity index (χ0) is 22.2. The molecule has 0 bridgehead atoms. The monoisotopic (exact) mass is 444 g/mol. The minimum atomic E-state index is 0.538. The highest BCUT2D eigenvalue weighted by Crippen LogP contribution is 2.45. The van der Waals surface area contributed by atoms with Crippen LogP contribution < -0.4 is 14.2 Å². The first-order valence-electron chi connectivity index (χ1n) is 10.1. The summed E-state index contributed by atoms with van der Waals surface area (Å²) in [5, 5.41) is 1.74. The second-order valence-electron chi connectivity index (χ2n) is 7.29. The second-order valence-corrected chi connectivity index (χ2v) is 7.70. The van der Waals surface area contributed by atoms with E-state index in [1.807, 2.05) is 60.8 Å². The van der Waals surface area contributed by atoms with Crippen LogP contribution in [0.15, 0.2) is 72.9 Å². The van der Waals surface area contributed by atoms with Crippen molar-refractivity contribution in [1.29, 1.82) is 0 Å². The van der Waals surface area contributed by atoms with Crippen LogP contribution in [0.3, 0.4) is 0 Å². The number of rotatable bonds is 5. The molecule has 0 atom stereocenters. The number of hydrogen-bond acceptors (Lipinski definition) is 4. The van der Waals surface area contributed by atoms with Crippen molar-refractivity contribution in [2.24, 2.45) is 0 Å². The van der Waals surface area contributed by atoms with Crippen LogP contribution in [0.2, 0.25) is 5.02 Å². The maximum Gasteiger partial charge on any atom is 0.203 e. The van der Waals surface area contributed by atoms with Gasteiger partial charge in [-0.1, -0.05) is 41.9 Å². The smallest absolute Gasteiger partial charge is 0.203 e. The highest BCUT2D eigenvalue weighted by Gasteiger charge is 2.23. The van der Waals surface area contributed by atoms with Gasteiger partial charge in [-0.15, -0.1) is 0 Å². The summed E-state index contributed by atoms with van der Waals surface area (Å²) in [6.45, 7) is 0. The average Bonchev–Trinajstić information content (AvgIpc) is 3.21. The third-order valence-electron chi connectivity index (χ3n) is 5.59. The van der Waals surface area contributed by atoms with Crippen LogP contribution in [0.25, 0.3) is 39.1 Å². The van der Waals surface area contributed by atoms with Crippen molar-refractivity contribution in [3.05, 3.63) is 77.9 Å². The molecule has 3 aromatic carbocycles. The summed E-state index contributed by atoms with van der Waals surface area (Å²) in [6.07, 6.45) is 2.02. The molecule has 2 aliphatic rings. The molecule has 5 rings (SSSR count). The molecule has 3 aromatic rings. The van der Waals surface area contributed by atoms with Crippen LogP contribution >= 0.6 is 11.6 Å². The van der Waals surface area contributed by atoms with Crippen LogP contribution in [-0.2, 0) is 0 Å². The average molecular weight is 445 g/mol. The minimum absolute atomic E-state index is 0.538. The van der Waals surface area contributed by atoms with Gasteiger partial charge in [-0.2, -0.15) is 0 Å². The number of aromatic nitrogens is 2. The fourth-order valence-electron chi connectivity index (χ4n) is 4.14. The molecule has 0 aromatic heterocycles. The van der Waals surface area contributed by atoms with Gasteiger partial charge in [0.1, 0.15) is 0 Å². The predicted octanol–water partition coefficient (Wildman–Crippen LogP) is 6.48. The van der Waals surface area contributed by atoms with Crippen LogP contribution in [0, 0.1) is 0 Å². The first kappa shape index (κ1) is 20.2. The van der Waals surface area contributed by atoms with Gasteiger partial charge in [0.25, 0.3) is 0 Å². The maximum atomic E-state index is 6.60. The molecule has 32 heavy (non-hydrogen) atoms. The largest absolute Gasteiger partial charge is 0.493 e. The van der Waals surface area contributed by atoms with Crippen LogP contribution in [0.1, 0.15) is 0 Å². The molecule has 0 spiro atoms. The summed E-state index contributed by atoms with van der Waals surface area (Å²) in [6, 6.07) is 21.8. The number of ether oxygens (including phenoxy) is 3. The zero-order valence-corrected chi connectivity index (χ0v) is 18.7. The van der Waals surface area contributed by atoms with E-state index in [0.29, 0.717) is 22.3 Å². The van der Waals surface area contributed by atoms with Gasteiger partial charge in [-0.3, -0.25) is 0 Å². The minimum Gasteiger partial charge on any atom is -0.493 e. The van der Waals surface area contributed by atoms with Crippen molar-refractivity contribution >= 4 is 22.5 Å². The fourth-order valence-corrected chi connectivity index (χ4v) is 4.36. The van der Waals surface area contributed by atoms with Gasteiger partial charge in [-0.25, -0.2) is 4.98 Å². The van der Waals surface area contributed by atoms with Gasteiger partial charge >= 0.3 is 0 Å². The van der Waals surface area contributed by atoms with Crippen molar-refractivity contribution in [3.8, 4) is 45.5 Å². The van der Waals surface area contributed by atoms with Crippen molar-refractivity contribution in [3.63, 3.8) is 0 Å². The maximum absolute atomic E-state index is 6.60. The number of hydrogen-bond donors (Lipinski definition) is 0. The van der Waals surface area contributed by atoms with Crippen molar-refractivity contribution in [2.75, 3.05) is 21.3 Å². The van der Waals surface area contributed by atoms with Gasteiger partial charge in [0.2, 0.25) is 5.75 Å². The quantitative estimate of drug-likeness (QED) is 0.311. The molecular weight excluding hydrogens is 424 g/mol. The fraction of sp³-hybridized carbons (Fsp3) is 0.115. The summed E-state index contributed by atoms with van der Waals surface area (Å²) in [5.74, 6) is 1.68. The Hall–Kier alpha value is -3.70. The number of nitrogens with zero attached hydrogens (tertiary/aromatic N) is 2. The van der Waals surface area contributed by atoms with Crippen LogP contribution in [0.5, 0.6) is 17.2 Å². The molecule has 6 heteroatoms. The Kier molecular flexibility index (Phi) is 5.11. The van der Waals surface area contributed by atoms with E-state index >= 15 is 0 Å². The summed E-state index contributed by atoms with van der Waals surface area (Å²) in [5.41, 5.74) is 5.47. The molecule has 0 radical (unpaired) electrons. The Labute approximate surface area is 191 Å². The molecule has 2 aliphatic heterocycles. The van der Waals surface area contributed by atoms with E-state index < -0.39 is 0 Å². The standard InChI is InChI=1S/C26H21ClN2O3/c1-30-22-14-16(15-23(31-2)26(22)32-3)25-24-18(17-8-4-6-10-20(17)28-24)12-13-29(25)21-11-7-5-9-19(21)27/h4-15H,1-3H3. The molecule has 160 valence electrons. The summed E-state index contributed by atoms with van der Waals surface area (Å²) in [7, 11) is 4.81. The first-order chi connectivity index (χ1) is 15.7. The molecule has 0 amide bonds. The topological polar surface area (TPSA) is 45.5 Å². The number of pyridine rings is 1. The van der Waals surface area contributed by atoms with Crippen molar-refractivity contribution in [1.82, 2.24) is 9.55 Å². The highest BCUT2D eigenvalue weighted by atomic mass is 35.5. The Balaban J connectivity index is 1.90. The van der Waals surface area contributed by atoms with Gasteiger partial charge in [0.15, 0.2) is 11.5 Å². The van der Waals surface area contributed by atoms with E-state index in [1.165, 1.54) is 0 Å². The Morgan fingerprint density at radius 2 is 1.50 bits per heavy atom. The van der Waals surface area contributed by atoms with Gasteiger partial charge in [0.05, 0.1) is 48.9 Å². The molecule has 0 saturated heterocycles. The van der Waals surface area contributed by atoms with E-state index in [-0.39, 0.29) is 0 Å². The second kappa shape index (κ2) is 8.09. The van der Waals surface area contributed by atoms with Crippen LogP contribution in [0.4, 0.5) is 0 Å². The lowest BCUT2D eigenvalue weighted by Gasteiger charge is -2.20. The Morgan fingerprint density at radius 1 is 0.812 bits per heavy atom. The third-order valence-corrected chi connectivity index (χ3v) is 5.91. The molecule has 0 N–H and O–H groups in total. The molecule has 2 heterocycles. The number of para-hydroxylation sites is 2. The van der Waals surface area contributed by atoms with Crippen molar-refractivity contribution < 1.29 is 14.2 Å². The van der Waals surface area contributed by atoms with Crippen LogP contribution in [-0.4, -0.2) is 30.9 Å². The molecule has 0 unspecified atom stereocenters. The first-order valence-corrected chi connectivity index (χ1v) is 10.5. The van der Waals surface area contributed by atoms with Gasteiger partial charge in [-0.05, 0) is 36.4 Å². The summed E-state index contributed by atoms with van der Waals surface area (Å²) in [4.78, 5) is 4.98. The molecular formula is C26H21ClN2O3. The number of halogens is 1. The normalized spacial score (nSPS) is 11.1. The number of fused-ring (bicyclic) bond motifs is 3. The number of methoxy groups -OCH3 is 3. The molecule has 5 nitrogen and oxygen atoms in total. The SMILES string of the molecule is COc1cc(-c2c3nc4ccccc4c-3ccn2-c2ccccc2Cl)cc(OC)c1OC. The van der Waals surface area contributed by atoms with E-state index in [1.54, 1.807) is 21.3 Å². The van der Waals surface area contributed by atoms with E-state index in [2.05, 4.69) is 16.7 Å². The lowest BCUT2D eigenvalue weighted by Crippen LogP contribution is -2.04. The molecule has 0 saturated carbocycles. The Bertz CT molecular complexity index is 1380. The highest BCUT2D eigenvalue weighted by molar-refractivity contribution is 6.32. The lowest BCUT2D eigenvalue weighted by molar-refractivity contribution is 0.324. The number of benzene rings is 3. The van der Waals surface area contributed by atoms with E-state index in [4.69, 9.17) is 30.8 Å². The summed E-state index contributed by atoms with van der Waals surface area (Å²) >= 11 is 6.60. The summed E-state index contributed by atoms with van der Waals surface area (Å²) < 4.78 is 18.8. The van der Waals surface area contributed by atoms with E-state index in [0.717, 1.165) is 39.1 Å². The Morgan fingerprint density at radius 3 is 2.19 bits per heavy atom. The van der Waals surface area contributed by atoms with Gasteiger partial charge < -0.3 is 18.8 Å². The zero-order valence-electron chi connectivity index (χ0n) is 17.9. The van der Waals surface area contributed by atoms with E-state index in [9.17, 15) is 0 Å². The van der Waals surface area contributed by atoms with Gasteiger partial charge in [0, 0.05) is 22.7 Å². The molecule has 0 fully saturated rings. The third kappa shape index (κ3) is 3.13. The van der Waals surface area contributed by atoms with Crippen molar-refractivity contribution in [2.45, 2.75) is 0 Å².